The highest BCUT2D eigenvalue weighted by Crippen LogP contribution is 2.30. The van der Waals surface area contributed by atoms with E-state index in [1.54, 1.807) is 6.20 Å². The first-order valence-corrected chi connectivity index (χ1v) is 9.06. The van der Waals surface area contributed by atoms with Crippen LogP contribution in [0.3, 0.4) is 0 Å². The van der Waals surface area contributed by atoms with Gasteiger partial charge in [0.25, 0.3) is 0 Å². The van der Waals surface area contributed by atoms with Crippen LogP contribution in [0.5, 0.6) is 0 Å². The predicted molar refractivity (Wildman–Crippen MR) is 101 cm³/mol. The number of fused-ring (bicyclic) bond motifs is 1. The summed E-state index contributed by atoms with van der Waals surface area (Å²) >= 11 is 0. The molecule has 0 spiro atoms. The number of nitrogens with zero attached hydrogens (tertiary/aromatic N) is 4. The molecule has 1 saturated heterocycles. The van der Waals surface area contributed by atoms with Crippen molar-refractivity contribution in [3.8, 4) is 6.07 Å². The zero-order valence-electron chi connectivity index (χ0n) is 15.3. The van der Waals surface area contributed by atoms with E-state index in [0.29, 0.717) is 5.56 Å². The fourth-order valence-corrected chi connectivity index (χ4v) is 3.64. The van der Waals surface area contributed by atoms with Crippen LogP contribution in [0.25, 0.3) is 10.9 Å². The second-order valence-corrected chi connectivity index (χ2v) is 6.60. The zero-order chi connectivity index (χ0) is 17.8. The maximum Gasteiger partial charge on any atom is 0.101 e. The lowest BCUT2D eigenvalue weighted by Gasteiger charge is -2.40. The van der Waals surface area contributed by atoms with Crippen LogP contribution in [-0.4, -0.2) is 54.8 Å². The number of benzene rings is 1. The maximum absolute atomic E-state index is 9.35. The molecular formula is C20H26N4O. The summed E-state index contributed by atoms with van der Waals surface area (Å²) in [4.78, 5) is 9.22. The SMILES string of the molecule is CCN(CC)C[C@@H]1CN(c2ccc(C#N)c3ncccc23)C[C@@H](C)O1. The monoisotopic (exact) mass is 338 g/mol. The minimum absolute atomic E-state index is 0.177. The molecule has 132 valence electrons. The molecule has 0 amide bonds. The molecule has 0 radical (unpaired) electrons. The van der Waals surface area contributed by atoms with E-state index in [1.807, 2.05) is 12.1 Å². The summed E-state index contributed by atoms with van der Waals surface area (Å²) in [6.07, 6.45) is 2.11. The smallest absolute Gasteiger partial charge is 0.101 e. The van der Waals surface area contributed by atoms with Crippen molar-refractivity contribution in [2.75, 3.05) is 37.6 Å². The summed E-state index contributed by atoms with van der Waals surface area (Å²) in [6, 6.07) is 10.2. The van der Waals surface area contributed by atoms with Crippen LogP contribution in [0, 0.1) is 11.3 Å². The molecule has 0 aliphatic carbocycles. The maximum atomic E-state index is 9.35. The van der Waals surface area contributed by atoms with Gasteiger partial charge in [-0.2, -0.15) is 5.26 Å². The van der Waals surface area contributed by atoms with Gasteiger partial charge in [-0.05, 0) is 44.3 Å². The van der Waals surface area contributed by atoms with Crippen molar-refractivity contribution in [1.82, 2.24) is 9.88 Å². The third kappa shape index (κ3) is 3.76. The lowest BCUT2D eigenvalue weighted by molar-refractivity contribution is -0.0309. The topological polar surface area (TPSA) is 52.4 Å². The van der Waals surface area contributed by atoms with Gasteiger partial charge in [0, 0.05) is 36.9 Å². The van der Waals surface area contributed by atoms with Gasteiger partial charge in [-0.1, -0.05) is 13.8 Å². The number of likely N-dealkylation sites (N-methyl/N-ethyl adjacent to an activating group) is 1. The largest absolute Gasteiger partial charge is 0.370 e. The molecular weight excluding hydrogens is 312 g/mol. The zero-order valence-corrected chi connectivity index (χ0v) is 15.3. The minimum Gasteiger partial charge on any atom is -0.370 e. The summed E-state index contributed by atoms with van der Waals surface area (Å²) in [6.45, 7) is 11.2. The molecule has 1 aliphatic heterocycles. The summed E-state index contributed by atoms with van der Waals surface area (Å²) in [5, 5.41) is 10.4. The summed E-state index contributed by atoms with van der Waals surface area (Å²) in [7, 11) is 0. The molecule has 0 bridgehead atoms. The molecule has 0 saturated carbocycles. The van der Waals surface area contributed by atoms with Gasteiger partial charge in [-0.3, -0.25) is 4.98 Å². The van der Waals surface area contributed by atoms with Crippen molar-refractivity contribution >= 4 is 16.6 Å². The van der Waals surface area contributed by atoms with Gasteiger partial charge in [0.15, 0.2) is 0 Å². The van der Waals surface area contributed by atoms with E-state index >= 15 is 0 Å². The Balaban J connectivity index is 1.91. The fourth-order valence-electron chi connectivity index (χ4n) is 3.64. The number of nitriles is 1. The first kappa shape index (κ1) is 17.7. The second-order valence-electron chi connectivity index (χ2n) is 6.60. The summed E-state index contributed by atoms with van der Waals surface area (Å²) in [5.41, 5.74) is 2.55. The van der Waals surface area contributed by atoms with E-state index in [4.69, 9.17) is 4.74 Å². The molecule has 0 unspecified atom stereocenters. The Morgan fingerprint density at radius 3 is 2.80 bits per heavy atom. The Kier molecular flexibility index (Phi) is 5.52. The third-order valence-corrected chi connectivity index (χ3v) is 4.89. The number of hydrogen-bond acceptors (Lipinski definition) is 5. The molecule has 0 N–H and O–H groups in total. The van der Waals surface area contributed by atoms with E-state index < -0.39 is 0 Å². The van der Waals surface area contributed by atoms with Crippen molar-refractivity contribution in [2.24, 2.45) is 0 Å². The number of hydrogen-bond donors (Lipinski definition) is 0. The van der Waals surface area contributed by atoms with Gasteiger partial charge in [0.05, 0.1) is 23.3 Å². The normalized spacial score (nSPS) is 20.8. The molecule has 1 aromatic heterocycles. The predicted octanol–water partition coefficient (Wildman–Crippen LogP) is 3.04. The Morgan fingerprint density at radius 2 is 2.08 bits per heavy atom. The first-order chi connectivity index (χ1) is 12.2. The van der Waals surface area contributed by atoms with Gasteiger partial charge in [-0.25, -0.2) is 0 Å². The van der Waals surface area contributed by atoms with Crippen LogP contribution in [0.4, 0.5) is 5.69 Å². The van der Waals surface area contributed by atoms with Crippen LogP contribution in [0.15, 0.2) is 30.5 Å². The molecule has 2 aromatic rings. The van der Waals surface area contributed by atoms with E-state index in [0.717, 1.165) is 49.3 Å². The van der Waals surface area contributed by atoms with Crippen molar-refractivity contribution in [1.29, 1.82) is 5.26 Å². The van der Waals surface area contributed by atoms with Crippen molar-refractivity contribution in [3.05, 3.63) is 36.0 Å². The minimum atomic E-state index is 0.177. The van der Waals surface area contributed by atoms with Crippen LogP contribution in [0.1, 0.15) is 26.3 Å². The quantitative estimate of drug-likeness (QED) is 0.839. The van der Waals surface area contributed by atoms with Crippen LogP contribution < -0.4 is 4.90 Å². The van der Waals surface area contributed by atoms with Crippen molar-refractivity contribution < 1.29 is 4.74 Å². The molecule has 5 nitrogen and oxygen atoms in total. The number of rotatable bonds is 5. The van der Waals surface area contributed by atoms with Crippen molar-refractivity contribution in [3.63, 3.8) is 0 Å². The van der Waals surface area contributed by atoms with Gasteiger partial charge < -0.3 is 14.5 Å². The lowest BCUT2D eigenvalue weighted by atomic mass is 10.1. The molecule has 1 fully saturated rings. The highest BCUT2D eigenvalue weighted by Gasteiger charge is 2.27. The number of morpholine rings is 1. The molecule has 1 aliphatic rings. The first-order valence-electron chi connectivity index (χ1n) is 9.06. The number of ether oxygens (including phenoxy) is 1. The molecule has 2 atom stereocenters. The van der Waals surface area contributed by atoms with Gasteiger partial charge in [0.2, 0.25) is 0 Å². The molecule has 1 aromatic carbocycles. The van der Waals surface area contributed by atoms with Gasteiger partial charge >= 0.3 is 0 Å². The standard InChI is InChI=1S/C20H26N4O/c1-4-23(5-2)13-17-14-24(12-15(3)25-17)19-9-8-16(11-21)20-18(19)7-6-10-22-20/h6-10,15,17H,4-5,12-14H2,1-3H3/t15-,17-/m1/s1. The Morgan fingerprint density at radius 1 is 1.28 bits per heavy atom. The Bertz CT molecular complexity index is 766. The average Bonchev–Trinajstić information content (AvgIpc) is 2.64. The molecule has 3 rings (SSSR count). The van der Waals surface area contributed by atoms with E-state index in [1.165, 1.54) is 0 Å². The molecule has 5 heteroatoms. The Labute approximate surface area is 149 Å². The van der Waals surface area contributed by atoms with E-state index in [9.17, 15) is 5.26 Å². The Hall–Kier alpha value is -2.16. The van der Waals surface area contributed by atoms with Crippen LogP contribution in [0.2, 0.25) is 0 Å². The van der Waals surface area contributed by atoms with Crippen molar-refractivity contribution in [2.45, 2.75) is 33.0 Å². The highest BCUT2D eigenvalue weighted by molar-refractivity contribution is 5.95. The average molecular weight is 338 g/mol. The van der Waals surface area contributed by atoms with Crippen LogP contribution >= 0.6 is 0 Å². The summed E-state index contributed by atoms with van der Waals surface area (Å²) < 4.78 is 6.18. The molecule has 2 heterocycles. The number of anilines is 1. The van der Waals surface area contributed by atoms with Crippen LogP contribution in [-0.2, 0) is 4.74 Å². The number of pyridine rings is 1. The highest BCUT2D eigenvalue weighted by atomic mass is 16.5. The summed E-state index contributed by atoms with van der Waals surface area (Å²) in [5.74, 6) is 0. The second kappa shape index (κ2) is 7.81. The van der Waals surface area contributed by atoms with E-state index in [-0.39, 0.29) is 12.2 Å². The van der Waals surface area contributed by atoms with Gasteiger partial charge in [-0.15, -0.1) is 0 Å². The molecule has 25 heavy (non-hydrogen) atoms. The van der Waals surface area contributed by atoms with E-state index in [2.05, 4.69) is 53.8 Å². The fraction of sp³-hybridized carbons (Fsp3) is 0.500. The lowest BCUT2D eigenvalue weighted by Crippen LogP contribution is -2.50. The number of aromatic nitrogens is 1. The van der Waals surface area contributed by atoms with Gasteiger partial charge in [0.1, 0.15) is 6.07 Å². The third-order valence-electron chi connectivity index (χ3n) is 4.89.